The van der Waals surface area contributed by atoms with Gasteiger partial charge >= 0.3 is 0 Å². The second-order valence-electron chi connectivity index (χ2n) is 8.31. The third-order valence-corrected chi connectivity index (χ3v) is 6.07. The van der Waals surface area contributed by atoms with E-state index in [0.29, 0.717) is 42.7 Å². The van der Waals surface area contributed by atoms with Crippen LogP contribution in [0.15, 0.2) is 72.2 Å². The molecule has 4 aromatic rings. The highest BCUT2D eigenvalue weighted by molar-refractivity contribution is 5.92. The molecule has 0 bridgehead atoms. The number of nitrogens with zero attached hydrogens (tertiary/aromatic N) is 5. The van der Waals surface area contributed by atoms with Crippen LogP contribution in [0.5, 0.6) is 0 Å². The van der Waals surface area contributed by atoms with Gasteiger partial charge in [0, 0.05) is 55.6 Å². The Morgan fingerprint density at radius 3 is 2.68 bits per heavy atom. The number of aryl methyl sites for hydroxylation is 1. The Bertz CT molecular complexity index is 1420. The lowest BCUT2D eigenvalue weighted by atomic mass is 9.97. The van der Waals surface area contributed by atoms with E-state index in [0.717, 1.165) is 16.8 Å². The van der Waals surface area contributed by atoms with E-state index < -0.39 is 0 Å². The van der Waals surface area contributed by atoms with Crippen molar-refractivity contribution in [2.45, 2.75) is 26.4 Å². The minimum absolute atomic E-state index is 0.151. The lowest BCUT2D eigenvalue weighted by Gasteiger charge is -2.31. The van der Waals surface area contributed by atoms with Crippen molar-refractivity contribution in [3.05, 3.63) is 112 Å². The minimum atomic E-state index is -0.321. The molecule has 0 saturated heterocycles. The van der Waals surface area contributed by atoms with Crippen LogP contribution in [0.2, 0.25) is 0 Å². The fraction of sp³-hybridized carbons (Fsp3) is 0.192. The lowest BCUT2D eigenvalue weighted by Crippen LogP contribution is -2.40. The molecule has 170 valence electrons. The number of carbonyl (C=O) groups is 1. The van der Waals surface area contributed by atoms with Gasteiger partial charge in [0.25, 0.3) is 11.5 Å². The van der Waals surface area contributed by atoms with Crippen molar-refractivity contribution in [1.82, 2.24) is 24.4 Å². The number of carbonyl (C=O) groups excluding carboxylic acids is 1. The van der Waals surface area contributed by atoms with Gasteiger partial charge in [-0.15, -0.1) is 0 Å². The summed E-state index contributed by atoms with van der Waals surface area (Å²) in [6.07, 6.45) is 8.42. The first-order valence-electron chi connectivity index (χ1n) is 11.0. The predicted octanol–water partition coefficient (Wildman–Crippen LogP) is 3.39. The predicted molar refractivity (Wildman–Crippen MR) is 125 cm³/mol. The molecule has 1 aliphatic heterocycles. The van der Waals surface area contributed by atoms with Crippen molar-refractivity contribution in [3.63, 3.8) is 0 Å². The van der Waals surface area contributed by atoms with E-state index in [1.807, 2.05) is 18.2 Å². The van der Waals surface area contributed by atoms with E-state index in [-0.39, 0.29) is 23.0 Å². The van der Waals surface area contributed by atoms with Crippen molar-refractivity contribution in [1.29, 1.82) is 0 Å². The zero-order valence-electron chi connectivity index (χ0n) is 18.6. The lowest BCUT2D eigenvalue weighted by molar-refractivity contribution is 0.0725. The van der Waals surface area contributed by atoms with Crippen LogP contribution >= 0.6 is 0 Å². The molecule has 0 unspecified atom stereocenters. The number of rotatable bonds is 4. The molecule has 0 N–H and O–H groups in total. The fourth-order valence-corrected chi connectivity index (χ4v) is 4.32. The first kappa shape index (κ1) is 21.6. The molecule has 0 spiro atoms. The van der Waals surface area contributed by atoms with Gasteiger partial charge in [0.05, 0.1) is 12.7 Å². The molecule has 0 atom stereocenters. The second kappa shape index (κ2) is 8.97. The van der Waals surface area contributed by atoms with Crippen LogP contribution in [0.4, 0.5) is 4.39 Å². The smallest absolute Gasteiger partial charge is 0.274 e. The van der Waals surface area contributed by atoms with Gasteiger partial charge in [-0.2, -0.15) is 0 Å². The summed E-state index contributed by atoms with van der Waals surface area (Å²) in [4.78, 5) is 40.6. The number of pyridine rings is 2. The van der Waals surface area contributed by atoms with Crippen LogP contribution in [0.3, 0.4) is 0 Å². The minimum Gasteiger partial charge on any atom is -0.332 e. The van der Waals surface area contributed by atoms with Crippen molar-refractivity contribution in [2.24, 2.45) is 0 Å². The summed E-state index contributed by atoms with van der Waals surface area (Å²) in [6.45, 7) is 2.84. The number of halogens is 1. The molecule has 5 rings (SSSR count). The van der Waals surface area contributed by atoms with Crippen molar-refractivity contribution >= 4 is 5.91 Å². The Labute approximate surface area is 195 Å². The summed E-state index contributed by atoms with van der Waals surface area (Å²) in [5.41, 5.74) is 4.38. The summed E-state index contributed by atoms with van der Waals surface area (Å²) < 4.78 is 15.7. The van der Waals surface area contributed by atoms with E-state index in [4.69, 9.17) is 0 Å². The highest BCUT2D eigenvalue weighted by Crippen LogP contribution is 2.26. The van der Waals surface area contributed by atoms with Gasteiger partial charge in [-0.3, -0.25) is 19.6 Å². The van der Waals surface area contributed by atoms with Gasteiger partial charge < -0.3 is 9.47 Å². The molecule has 1 aliphatic rings. The number of hydrogen-bond donors (Lipinski definition) is 0. The number of hydrogen-bond acceptors (Lipinski definition) is 5. The molecule has 4 heterocycles. The molecule has 0 fully saturated rings. The van der Waals surface area contributed by atoms with Gasteiger partial charge in [-0.05, 0) is 53.4 Å². The topological polar surface area (TPSA) is 81.0 Å². The Morgan fingerprint density at radius 1 is 1.09 bits per heavy atom. The summed E-state index contributed by atoms with van der Waals surface area (Å²) in [7, 11) is 0. The standard InChI is InChI=1S/C26H22FN5O2/c1-17-11-19(4-5-22(17)27)21-12-20-16-31(26(34)23-14-29-8-9-30-23)10-6-24(20)32(25(21)33)15-18-3-2-7-28-13-18/h2-5,7-9,11-14H,6,10,15-16H2,1H3. The van der Waals surface area contributed by atoms with Crippen molar-refractivity contribution in [3.8, 4) is 11.1 Å². The Balaban J connectivity index is 1.60. The largest absolute Gasteiger partial charge is 0.332 e. The average molecular weight is 455 g/mol. The SMILES string of the molecule is Cc1cc(-c2cc3c(n(Cc4cccnc4)c2=O)CCN(C(=O)c2cnccn2)C3)ccc1F. The monoisotopic (exact) mass is 455 g/mol. The maximum absolute atomic E-state index is 13.9. The Morgan fingerprint density at radius 2 is 1.94 bits per heavy atom. The van der Waals surface area contributed by atoms with E-state index in [1.165, 1.54) is 24.7 Å². The molecular weight excluding hydrogens is 433 g/mol. The summed E-state index contributed by atoms with van der Waals surface area (Å²) >= 11 is 0. The molecule has 1 aromatic carbocycles. The van der Waals surface area contributed by atoms with Gasteiger partial charge in [0.2, 0.25) is 0 Å². The summed E-state index contributed by atoms with van der Waals surface area (Å²) in [5, 5.41) is 0. The molecule has 1 amide bonds. The van der Waals surface area contributed by atoms with E-state index >= 15 is 0 Å². The molecular formula is C26H22FN5O2. The molecule has 0 aliphatic carbocycles. The maximum Gasteiger partial charge on any atom is 0.274 e. The van der Waals surface area contributed by atoms with Crippen molar-refractivity contribution in [2.75, 3.05) is 6.54 Å². The van der Waals surface area contributed by atoms with Crippen LogP contribution in [-0.4, -0.2) is 36.9 Å². The average Bonchev–Trinajstić information content (AvgIpc) is 2.87. The number of benzene rings is 1. The first-order valence-corrected chi connectivity index (χ1v) is 11.0. The maximum atomic E-state index is 13.9. The van der Waals surface area contributed by atoms with Crippen molar-refractivity contribution < 1.29 is 9.18 Å². The van der Waals surface area contributed by atoms with Crippen LogP contribution in [0.25, 0.3) is 11.1 Å². The van der Waals surface area contributed by atoms with Crippen LogP contribution < -0.4 is 5.56 Å². The molecule has 0 saturated carbocycles. The quantitative estimate of drug-likeness (QED) is 0.471. The third-order valence-electron chi connectivity index (χ3n) is 6.07. The highest BCUT2D eigenvalue weighted by Gasteiger charge is 2.26. The third kappa shape index (κ3) is 4.10. The first-order chi connectivity index (χ1) is 16.5. The molecule has 8 heteroatoms. The Kier molecular flexibility index (Phi) is 5.71. The zero-order valence-corrected chi connectivity index (χ0v) is 18.6. The van der Waals surface area contributed by atoms with Crippen LogP contribution in [0, 0.1) is 12.7 Å². The zero-order chi connectivity index (χ0) is 23.7. The summed E-state index contributed by atoms with van der Waals surface area (Å²) in [5.74, 6) is -0.527. The molecule has 34 heavy (non-hydrogen) atoms. The van der Waals surface area contributed by atoms with E-state index in [9.17, 15) is 14.0 Å². The summed E-state index contributed by atoms with van der Waals surface area (Å²) in [6, 6.07) is 10.3. The number of fused-ring (bicyclic) bond motifs is 1. The fourth-order valence-electron chi connectivity index (χ4n) is 4.32. The Hall–Kier alpha value is -4.20. The van der Waals surface area contributed by atoms with Gasteiger partial charge in [-0.1, -0.05) is 12.1 Å². The van der Waals surface area contributed by atoms with Gasteiger partial charge in [0.1, 0.15) is 11.5 Å². The highest BCUT2D eigenvalue weighted by atomic mass is 19.1. The van der Waals surface area contributed by atoms with Crippen LogP contribution in [0.1, 0.15) is 32.9 Å². The van der Waals surface area contributed by atoms with Gasteiger partial charge in [0.15, 0.2) is 0 Å². The molecule has 3 aromatic heterocycles. The number of aromatic nitrogens is 4. The van der Waals surface area contributed by atoms with E-state index in [2.05, 4.69) is 15.0 Å². The second-order valence-corrected chi connectivity index (χ2v) is 8.31. The number of amides is 1. The normalized spacial score (nSPS) is 12.9. The van der Waals surface area contributed by atoms with E-state index in [1.54, 1.807) is 40.9 Å². The molecule has 7 nitrogen and oxygen atoms in total. The molecule has 0 radical (unpaired) electrons. The van der Waals surface area contributed by atoms with Gasteiger partial charge in [-0.25, -0.2) is 9.37 Å². The van der Waals surface area contributed by atoms with Crippen LogP contribution in [-0.2, 0) is 19.5 Å².